The maximum absolute atomic E-state index is 12.9. The van der Waals surface area contributed by atoms with Crippen molar-refractivity contribution in [1.82, 2.24) is 0 Å². The second-order valence-corrected chi connectivity index (χ2v) is 10.1. The van der Waals surface area contributed by atoms with E-state index in [9.17, 15) is 13.2 Å². The van der Waals surface area contributed by atoms with E-state index in [-0.39, 0.29) is 16.1 Å². The molecule has 0 aliphatic rings. The fourth-order valence-electron chi connectivity index (χ4n) is 2.56. The lowest BCUT2D eigenvalue weighted by Crippen LogP contribution is -2.19. The van der Waals surface area contributed by atoms with Crippen LogP contribution in [0.4, 0.5) is 11.4 Å². The second kappa shape index (κ2) is 9.16. The molecule has 1 amide bonds. The Morgan fingerprint density at radius 1 is 0.900 bits per heavy atom. The molecule has 0 radical (unpaired) electrons. The summed E-state index contributed by atoms with van der Waals surface area (Å²) in [5.41, 5.74) is 1.11. The number of hydrogen-bond donors (Lipinski definition) is 2. The van der Waals surface area contributed by atoms with E-state index in [0.29, 0.717) is 30.8 Å². The van der Waals surface area contributed by atoms with Crippen LogP contribution in [-0.4, -0.2) is 14.3 Å². The van der Waals surface area contributed by atoms with Crippen molar-refractivity contribution >= 4 is 78.0 Å². The number of carbonyl (C=O) groups excluding carboxylic acids is 1. The van der Waals surface area contributed by atoms with Crippen LogP contribution in [-0.2, 0) is 10.0 Å². The highest BCUT2D eigenvalue weighted by molar-refractivity contribution is 9.10. The van der Waals surface area contributed by atoms with Gasteiger partial charge in [0.2, 0.25) is 0 Å². The van der Waals surface area contributed by atoms with Gasteiger partial charge in [0.1, 0.15) is 0 Å². The van der Waals surface area contributed by atoms with Crippen LogP contribution in [0.1, 0.15) is 15.9 Å². The van der Waals surface area contributed by atoms with E-state index in [1.807, 2.05) is 0 Å². The van der Waals surface area contributed by atoms with E-state index < -0.39 is 15.9 Å². The van der Waals surface area contributed by atoms with Crippen molar-refractivity contribution in [3.05, 3.63) is 85.3 Å². The van der Waals surface area contributed by atoms with Gasteiger partial charge in [0.25, 0.3) is 15.9 Å². The molecule has 0 unspecified atom stereocenters. The number of carbonyl (C=O) groups is 1. The van der Waals surface area contributed by atoms with Crippen LogP contribution in [0.15, 0.2) is 64.0 Å². The summed E-state index contributed by atoms with van der Waals surface area (Å²) in [6.07, 6.45) is 0. The Hall–Kier alpha value is -1.77. The third kappa shape index (κ3) is 5.28. The van der Waals surface area contributed by atoms with Gasteiger partial charge in [-0.25, -0.2) is 8.42 Å². The Balaban J connectivity index is 1.96. The van der Waals surface area contributed by atoms with E-state index in [4.69, 9.17) is 34.8 Å². The zero-order valence-electron chi connectivity index (χ0n) is 15.3. The number of rotatable bonds is 5. The van der Waals surface area contributed by atoms with Crippen molar-refractivity contribution in [3.63, 3.8) is 0 Å². The van der Waals surface area contributed by atoms with Gasteiger partial charge in [-0.1, -0.05) is 50.7 Å². The normalized spacial score (nSPS) is 11.2. The second-order valence-electron chi connectivity index (χ2n) is 6.28. The SMILES string of the molecule is Cc1cc(S(=O)(=O)Nc2ccc(Br)cc2C(=O)Nc2cc(Cl)ccc2Cl)ccc1Cl. The summed E-state index contributed by atoms with van der Waals surface area (Å²) in [6.45, 7) is 1.70. The highest BCUT2D eigenvalue weighted by Crippen LogP contribution is 2.29. The summed E-state index contributed by atoms with van der Waals surface area (Å²) in [6, 6.07) is 13.6. The van der Waals surface area contributed by atoms with Crippen molar-refractivity contribution in [2.24, 2.45) is 0 Å². The third-order valence-corrected chi connectivity index (χ3v) is 6.93. The van der Waals surface area contributed by atoms with Gasteiger partial charge in [0, 0.05) is 14.5 Å². The lowest BCUT2D eigenvalue weighted by Gasteiger charge is -2.14. The summed E-state index contributed by atoms with van der Waals surface area (Å²) >= 11 is 21.4. The van der Waals surface area contributed by atoms with Gasteiger partial charge in [-0.15, -0.1) is 0 Å². The quantitative estimate of drug-likeness (QED) is 0.370. The fourth-order valence-corrected chi connectivity index (χ4v) is 4.54. The third-order valence-electron chi connectivity index (χ3n) is 4.09. The maximum Gasteiger partial charge on any atom is 0.261 e. The first-order valence-corrected chi connectivity index (χ1v) is 11.8. The van der Waals surface area contributed by atoms with Crippen molar-refractivity contribution in [1.29, 1.82) is 0 Å². The molecule has 3 aromatic carbocycles. The summed E-state index contributed by atoms with van der Waals surface area (Å²) in [5.74, 6) is -0.564. The minimum absolute atomic E-state index is 0.0246. The number of hydrogen-bond acceptors (Lipinski definition) is 3. The molecule has 5 nitrogen and oxygen atoms in total. The molecule has 0 atom stereocenters. The van der Waals surface area contributed by atoms with E-state index in [1.54, 1.807) is 25.1 Å². The molecule has 0 saturated carbocycles. The first kappa shape index (κ1) is 22.9. The molecule has 30 heavy (non-hydrogen) atoms. The number of anilines is 2. The average Bonchev–Trinajstić information content (AvgIpc) is 2.68. The van der Waals surface area contributed by atoms with E-state index in [0.717, 1.165) is 0 Å². The number of halogens is 4. The highest BCUT2D eigenvalue weighted by Gasteiger charge is 2.20. The zero-order chi connectivity index (χ0) is 22.1. The lowest BCUT2D eigenvalue weighted by atomic mass is 10.1. The largest absolute Gasteiger partial charge is 0.321 e. The average molecular weight is 549 g/mol. The minimum atomic E-state index is -3.96. The molecule has 156 valence electrons. The number of aryl methyl sites for hydroxylation is 1. The van der Waals surface area contributed by atoms with Crippen LogP contribution >= 0.6 is 50.7 Å². The van der Waals surface area contributed by atoms with E-state index in [2.05, 4.69) is 26.0 Å². The van der Waals surface area contributed by atoms with Crippen LogP contribution in [0.2, 0.25) is 15.1 Å². The molecule has 0 bridgehead atoms. The van der Waals surface area contributed by atoms with Crippen LogP contribution in [0, 0.1) is 6.92 Å². The van der Waals surface area contributed by atoms with E-state index >= 15 is 0 Å². The summed E-state index contributed by atoms with van der Waals surface area (Å²) in [5, 5.41) is 3.79. The molecule has 0 aliphatic carbocycles. The number of benzene rings is 3. The Bertz CT molecular complexity index is 1250. The Kier molecular flexibility index (Phi) is 6.99. The smallest absolute Gasteiger partial charge is 0.261 e. The van der Waals surface area contributed by atoms with Gasteiger partial charge in [-0.2, -0.15) is 0 Å². The Labute approximate surface area is 197 Å². The lowest BCUT2D eigenvalue weighted by molar-refractivity contribution is 0.102. The molecule has 0 spiro atoms. The molecule has 0 heterocycles. The van der Waals surface area contributed by atoms with Gasteiger partial charge < -0.3 is 5.32 Å². The fraction of sp³-hybridized carbons (Fsp3) is 0.0500. The zero-order valence-corrected chi connectivity index (χ0v) is 20.0. The van der Waals surface area contributed by atoms with Crippen LogP contribution in [0.3, 0.4) is 0 Å². The van der Waals surface area contributed by atoms with Crippen LogP contribution < -0.4 is 10.0 Å². The number of amides is 1. The van der Waals surface area contributed by atoms with Gasteiger partial charge in [-0.05, 0) is 67.1 Å². The highest BCUT2D eigenvalue weighted by atomic mass is 79.9. The molecule has 3 aromatic rings. The minimum Gasteiger partial charge on any atom is -0.321 e. The van der Waals surface area contributed by atoms with Crippen molar-refractivity contribution in [3.8, 4) is 0 Å². The number of nitrogens with one attached hydrogen (secondary N) is 2. The first-order chi connectivity index (χ1) is 14.1. The monoisotopic (exact) mass is 546 g/mol. The van der Waals surface area contributed by atoms with Gasteiger partial charge in [-0.3, -0.25) is 9.52 Å². The van der Waals surface area contributed by atoms with Gasteiger partial charge >= 0.3 is 0 Å². The summed E-state index contributed by atoms with van der Waals surface area (Å²) in [7, 11) is -3.96. The van der Waals surface area contributed by atoms with Crippen molar-refractivity contribution in [2.75, 3.05) is 10.0 Å². The van der Waals surface area contributed by atoms with Gasteiger partial charge in [0.05, 0.1) is 26.9 Å². The molecule has 0 aromatic heterocycles. The predicted molar refractivity (Wildman–Crippen MR) is 126 cm³/mol. The van der Waals surface area contributed by atoms with Crippen molar-refractivity contribution < 1.29 is 13.2 Å². The molecule has 0 aliphatic heterocycles. The predicted octanol–water partition coefficient (Wildman–Crippen LogP) is 6.77. The Morgan fingerprint density at radius 3 is 2.30 bits per heavy atom. The molecule has 0 saturated heterocycles. The summed E-state index contributed by atoms with van der Waals surface area (Å²) in [4.78, 5) is 12.9. The van der Waals surface area contributed by atoms with Gasteiger partial charge in [0.15, 0.2) is 0 Å². The maximum atomic E-state index is 12.9. The molecule has 0 fully saturated rings. The van der Waals surface area contributed by atoms with Crippen LogP contribution in [0.25, 0.3) is 0 Å². The first-order valence-electron chi connectivity index (χ1n) is 8.42. The Morgan fingerprint density at radius 2 is 1.60 bits per heavy atom. The molecular formula is C20H14BrCl3N2O3S. The molecule has 2 N–H and O–H groups in total. The van der Waals surface area contributed by atoms with Crippen LogP contribution in [0.5, 0.6) is 0 Å². The number of sulfonamides is 1. The topological polar surface area (TPSA) is 75.3 Å². The van der Waals surface area contributed by atoms with Crippen molar-refractivity contribution in [2.45, 2.75) is 11.8 Å². The summed E-state index contributed by atoms with van der Waals surface area (Å²) < 4.78 is 28.7. The molecular weight excluding hydrogens is 535 g/mol. The molecule has 10 heteroatoms. The molecule has 3 rings (SSSR count). The standard InChI is InChI=1S/C20H14BrCl3N2O3S/c1-11-8-14(4-6-16(11)23)30(28,29)26-18-7-2-12(21)9-15(18)20(27)25-19-10-13(22)3-5-17(19)24/h2-10,26H,1H3,(H,25,27). The van der Waals surface area contributed by atoms with E-state index in [1.165, 1.54) is 36.4 Å².